The molecule has 0 saturated heterocycles. The van der Waals surface area contributed by atoms with Crippen LogP contribution in [-0.2, 0) is 9.22 Å². The molecular formula is C13H23N3O2Si. The van der Waals surface area contributed by atoms with Gasteiger partial charge < -0.3 is 4.43 Å². The molecule has 0 atom stereocenters. The Morgan fingerprint density at radius 1 is 1.32 bits per heavy atom. The molecule has 0 N–H and O–H groups in total. The molecule has 1 amide bonds. The maximum Gasteiger partial charge on any atom is 0.241 e. The lowest BCUT2D eigenvalue weighted by Crippen LogP contribution is -2.40. The Morgan fingerprint density at radius 2 is 1.95 bits per heavy atom. The average Bonchev–Trinajstić information content (AvgIpc) is 2.26. The fourth-order valence-electron chi connectivity index (χ4n) is 0.962. The van der Waals surface area contributed by atoms with E-state index in [1.165, 1.54) is 6.08 Å². The minimum atomic E-state index is -1.68. The van der Waals surface area contributed by atoms with Gasteiger partial charge in [0.2, 0.25) is 5.91 Å². The van der Waals surface area contributed by atoms with E-state index in [-0.39, 0.29) is 5.04 Å². The lowest BCUT2D eigenvalue weighted by Gasteiger charge is -2.35. The number of amides is 1. The summed E-state index contributed by atoms with van der Waals surface area (Å²) in [4.78, 5) is 13.2. The first-order valence-electron chi connectivity index (χ1n) is 6.25. The summed E-state index contributed by atoms with van der Waals surface area (Å²) in [7, 11) is -1.68. The van der Waals surface area contributed by atoms with E-state index >= 15 is 0 Å². The normalized spacial score (nSPS) is 12.9. The molecular weight excluding hydrogens is 258 g/mol. The van der Waals surface area contributed by atoms with E-state index in [1.54, 1.807) is 6.08 Å². The van der Waals surface area contributed by atoms with Crippen LogP contribution in [0.15, 0.2) is 29.4 Å². The monoisotopic (exact) mass is 281 g/mol. The molecule has 0 rings (SSSR count). The third kappa shape index (κ3) is 7.61. The number of carbonyl (C=O) groups excluding carboxylic acids is 1. The molecule has 5 nitrogen and oxygen atoms in total. The van der Waals surface area contributed by atoms with Crippen molar-refractivity contribution in [2.24, 2.45) is 5.11 Å². The molecule has 0 aromatic heterocycles. The van der Waals surface area contributed by atoms with E-state index in [0.29, 0.717) is 13.0 Å². The second-order valence-electron chi connectivity index (χ2n) is 5.71. The number of rotatable bonds is 6. The predicted octanol–water partition coefficient (Wildman–Crippen LogP) is 4.35. The van der Waals surface area contributed by atoms with E-state index < -0.39 is 14.2 Å². The summed E-state index contributed by atoms with van der Waals surface area (Å²) in [5.74, 6) is -0.576. The third-order valence-corrected chi connectivity index (χ3v) is 7.69. The van der Waals surface area contributed by atoms with Crippen molar-refractivity contribution < 1.29 is 9.22 Å². The van der Waals surface area contributed by atoms with Gasteiger partial charge in [-0.05, 0) is 41.3 Å². The number of azide groups is 1. The summed E-state index contributed by atoms with van der Waals surface area (Å²) < 4.78 is 5.95. The first kappa shape index (κ1) is 17.6. The van der Waals surface area contributed by atoms with Crippen LogP contribution in [0.4, 0.5) is 0 Å². The van der Waals surface area contributed by atoms with Crippen molar-refractivity contribution in [3.05, 3.63) is 34.7 Å². The van der Waals surface area contributed by atoms with Crippen LogP contribution in [0.3, 0.4) is 0 Å². The number of nitrogens with zero attached hydrogens (tertiary/aromatic N) is 3. The summed E-state index contributed by atoms with van der Waals surface area (Å²) in [6, 6.07) is 0. The quantitative estimate of drug-likeness (QED) is 0.181. The second kappa shape index (κ2) is 7.94. The maximum atomic E-state index is 10.8. The van der Waals surface area contributed by atoms with Crippen molar-refractivity contribution in [2.75, 3.05) is 6.61 Å². The van der Waals surface area contributed by atoms with Gasteiger partial charge in [0.15, 0.2) is 8.32 Å². The van der Waals surface area contributed by atoms with Gasteiger partial charge in [-0.1, -0.05) is 39.0 Å². The summed E-state index contributed by atoms with van der Waals surface area (Å²) in [5.41, 5.74) is 8.03. The molecule has 0 bridgehead atoms. The molecule has 106 valence electrons. The zero-order chi connectivity index (χ0) is 14.9. The first-order valence-corrected chi connectivity index (χ1v) is 9.16. The van der Waals surface area contributed by atoms with Crippen LogP contribution in [0.5, 0.6) is 0 Å². The zero-order valence-electron chi connectivity index (χ0n) is 12.4. The topological polar surface area (TPSA) is 75.1 Å². The highest BCUT2D eigenvalue weighted by molar-refractivity contribution is 6.74. The molecule has 0 fully saturated rings. The molecule has 0 aromatic rings. The lowest BCUT2D eigenvalue weighted by molar-refractivity contribution is -0.113. The van der Waals surface area contributed by atoms with E-state index in [4.69, 9.17) is 9.96 Å². The van der Waals surface area contributed by atoms with E-state index in [2.05, 4.69) is 43.9 Å². The molecule has 0 aliphatic heterocycles. The van der Waals surface area contributed by atoms with Gasteiger partial charge in [0.1, 0.15) is 0 Å². The van der Waals surface area contributed by atoms with Crippen molar-refractivity contribution in [3.8, 4) is 0 Å². The van der Waals surface area contributed by atoms with Crippen molar-refractivity contribution in [2.45, 2.75) is 45.3 Å². The predicted molar refractivity (Wildman–Crippen MR) is 80.2 cm³/mol. The van der Waals surface area contributed by atoms with Gasteiger partial charge in [-0.3, -0.25) is 4.79 Å². The molecule has 0 unspecified atom stereocenters. The standard InChI is InChI=1S/C13H23N3O2Si/c1-13(2,3)19(4,5)18-11-9-7-6-8-10-12(17)15-16-14/h7-10H,6,11H2,1-5H3/b9-7-,10-8-. The molecule has 0 saturated carbocycles. The fraction of sp³-hybridized carbons (Fsp3) is 0.615. The Labute approximate surface area is 116 Å². The zero-order valence-corrected chi connectivity index (χ0v) is 13.4. The molecule has 6 heteroatoms. The number of hydrogen-bond acceptors (Lipinski definition) is 2. The smallest absolute Gasteiger partial charge is 0.241 e. The molecule has 0 aliphatic rings. The minimum absolute atomic E-state index is 0.211. The van der Waals surface area contributed by atoms with Crippen molar-refractivity contribution in [1.82, 2.24) is 0 Å². The van der Waals surface area contributed by atoms with E-state index in [9.17, 15) is 4.79 Å². The number of carbonyl (C=O) groups is 1. The van der Waals surface area contributed by atoms with Crippen LogP contribution < -0.4 is 0 Å². The Kier molecular flexibility index (Phi) is 7.37. The molecule has 0 heterocycles. The largest absolute Gasteiger partial charge is 0.413 e. The summed E-state index contributed by atoms with van der Waals surface area (Å²) in [6.07, 6.45) is 7.40. The summed E-state index contributed by atoms with van der Waals surface area (Å²) >= 11 is 0. The average molecular weight is 281 g/mol. The van der Waals surface area contributed by atoms with Gasteiger partial charge >= 0.3 is 0 Å². The molecule has 0 aromatic carbocycles. The van der Waals surface area contributed by atoms with Crippen LogP contribution in [0.1, 0.15) is 27.2 Å². The van der Waals surface area contributed by atoms with E-state index in [0.717, 1.165) is 0 Å². The number of allylic oxidation sites excluding steroid dienone is 2. The summed E-state index contributed by atoms with van der Waals surface area (Å²) in [6.45, 7) is 11.6. The molecule has 19 heavy (non-hydrogen) atoms. The highest BCUT2D eigenvalue weighted by atomic mass is 28.4. The van der Waals surface area contributed by atoms with Crippen molar-refractivity contribution >= 4 is 14.2 Å². The van der Waals surface area contributed by atoms with E-state index in [1.807, 2.05) is 12.2 Å². The molecule has 0 spiro atoms. The van der Waals surface area contributed by atoms with Crippen LogP contribution >= 0.6 is 0 Å². The van der Waals surface area contributed by atoms with Crippen LogP contribution in [0, 0.1) is 0 Å². The minimum Gasteiger partial charge on any atom is -0.413 e. The first-order chi connectivity index (χ1) is 8.70. The fourth-order valence-corrected chi connectivity index (χ4v) is 1.91. The highest BCUT2D eigenvalue weighted by Crippen LogP contribution is 2.36. The Morgan fingerprint density at radius 3 is 2.47 bits per heavy atom. The van der Waals surface area contributed by atoms with Gasteiger partial charge in [-0.25, -0.2) is 0 Å². The van der Waals surface area contributed by atoms with Crippen LogP contribution in [-0.4, -0.2) is 20.8 Å². The van der Waals surface area contributed by atoms with Crippen LogP contribution in [0.2, 0.25) is 18.1 Å². The molecule has 0 radical (unpaired) electrons. The van der Waals surface area contributed by atoms with Gasteiger partial charge in [0.05, 0.1) is 6.61 Å². The SMILES string of the molecule is CC(C)(C)[Si](C)(C)OC/C=C\C/C=C\C(=O)N=[N+]=[N-]. The number of hydrogen-bond donors (Lipinski definition) is 0. The van der Waals surface area contributed by atoms with Crippen LogP contribution in [0.25, 0.3) is 10.4 Å². The van der Waals surface area contributed by atoms with Crippen molar-refractivity contribution in [3.63, 3.8) is 0 Å². The lowest BCUT2D eigenvalue weighted by atomic mass is 10.2. The summed E-state index contributed by atoms with van der Waals surface area (Å²) in [5, 5.41) is 3.14. The Bertz CT molecular complexity index is 403. The van der Waals surface area contributed by atoms with Gasteiger partial charge in [-0.2, -0.15) is 0 Å². The van der Waals surface area contributed by atoms with Gasteiger partial charge in [-0.15, -0.1) is 0 Å². The molecule has 0 aliphatic carbocycles. The van der Waals surface area contributed by atoms with Crippen molar-refractivity contribution in [1.29, 1.82) is 0 Å². The van der Waals surface area contributed by atoms with Gasteiger partial charge in [0.25, 0.3) is 0 Å². The third-order valence-electron chi connectivity index (χ3n) is 3.19. The highest BCUT2D eigenvalue weighted by Gasteiger charge is 2.36. The van der Waals surface area contributed by atoms with Gasteiger partial charge in [0, 0.05) is 4.91 Å². The second-order valence-corrected chi connectivity index (χ2v) is 10.5. The maximum absolute atomic E-state index is 10.8. The Balaban J connectivity index is 4.00. The Hall–Kier alpha value is -1.36.